The number of rotatable bonds is 5. The highest BCUT2D eigenvalue weighted by Gasteiger charge is 2.37. The Morgan fingerprint density at radius 2 is 1.94 bits per heavy atom. The lowest BCUT2D eigenvalue weighted by Crippen LogP contribution is -2.29. The average Bonchev–Trinajstić information content (AvgIpc) is 2.30. The van der Waals surface area contributed by atoms with Crippen molar-refractivity contribution in [2.24, 2.45) is 16.6 Å². The van der Waals surface area contributed by atoms with Gasteiger partial charge in [-0.25, -0.2) is 0 Å². The molecule has 17 heavy (non-hydrogen) atoms. The minimum absolute atomic E-state index is 0.269. The van der Waals surface area contributed by atoms with Gasteiger partial charge in [-0.3, -0.25) is 0 Å². The summed E-state index contributed by atoms with van der Waals surface area (Å²) in [6.45, 7) is 9.18. The fraction of sp³-hybridized carbons (Fsp3) is 1.00. The maximum atomic E-state index is 6.15. The van der Waals surface area contributed by atoms with Crippen molar-refractivity contribution < 1.29 is 9.47 Å². The van der Waals surface area contributed by atoms with Crippen LogP contribution in [-0.4, -0.2) is 33.0 Å². The zero-order valence-corrected chi connectivity index (χ0v) is 11.9. The number of hydrogen-bond donors (Lipinski definition) is 1. The van der Waals surface area contributed by atoms with Crippen LogP contribution in [0, 0.1) is 10.8 Å². The molecule has 3 nitrogen and oxygen atoms in total. The van der Waals surface area contributed by atoms with Gasteiger partial charge in [0.15, 0.2) is 0 Å². The van der Waals surface area contributed by atoms with Crippen molar-refractivity contribution >= 4 is 0 Å². The van der Waals surface area contributed by atoms with E-state index in [1.54, 1.807) is 7.11 Å². The summed E-state index contributed by atoms with van der Waals surface area (Å²) >= 11 is 0. The highest BCUT2D eigenvalue weighted by atomic mass is 16.5. The van der Waals surface area contributed by atoms with E-state index in [1.165, 1.54) is 12.8 Å². The molecule has 0 bridgehead atoms. The molecule has 0 spiro atoms. The molecule has 0 aliphatic heterocycles. The number of ether oxygens (including phenoxy) is 2. The fourth-order valence-corrected chi connectivity index (χ4v) is 3.25. The Balaban J connectivity index is 2.48. The van der Waals surface area contributed by atoms with Gasteiger partial charge < -0.3 is 15.2 Å². The van der Waals surface area contributed by atoms with Crippen molar-refractivity contribution in [2.75, 3.05) is 26.9 Å². The van der Waals surface area contributed by atoms with Gasteiger partial charge in [0.1, 0.15) is 0 Å². The van der Waals surface area contributed by atoms with Crippen molar-refractivity contribution in [1.29, 1.82) is 0 Å². The Morgan fingerprint density at radius 3 is 2.59 bits per heavy atom. The van der Waals surface area contributed by atoms with Crippen LogP contribution in [0.2, 0.25) is 0 Å². The summed E-state index contributed by atoms with van der Waals surface area (Å²) in [6, 6.07) is 0.353. The van der Waals surface area contributed by atoms with Gasteiger partial charge in [-0.05, 0) is 36.5 Å². The van der Waals surface area contributed by atoms with Crippen LogP contribution >= 0.6 is 0 Å². The van der Waals surface area contributed by atoms with Gasteiger partial charge in [-0.1, -0.05) is 20.8 Å². The summed E-state index contributed by atoms with van der Waals surface area (Å²) in [6.07, 6.45) is 4.61. The van der Waals surface area contributed by atoms with Gasteiger partial charge in [0.05, 0.1) is 19.8 Å². The molecule has 1 aliphatic carbocycles. The van der Waals surface area contributed by atoms with Crippen LogP contribution < -0.4 is 5.73 Å². The molecule has 2 N–H and O–H groups in total. The second kappa shape index (κ2) is 6.17. The predicted octanol–water partition coefficient (Wildman–Crippen LogP) is 2.58. The average molecular weight is 243 g/mol. The Kier molecular flexibility index (Phi) is 5.42. The third-order valence-electron chi connectivity index (χ3n) is 3.72. The molecule has 1 aliphatic rings. The van der Waals surface area contributed by atoms with Crippen LogP contribution in [-0.2, 0) is 9.47 Å². The van der Waals surface area contributed by atoms with Gasteiger partial charge in [-0.2, -0.15) is 0 Å². The SMILES string of the molecule is COCCOCC1(C)CCC(N)CC(C)(C)C1. The van der Waals surface area contributed by atoms with Crippen LogP contribution in [0.25, 0.3) is 0 Å². The van der Waals surface area contributed by atoms with E-state index in [0.717, 1.165) is 19.4 Å². The van der Waals surface area contributed by atoms with E-state index < -0.39 is 0 Å². The molecule has 2 unspecified atom stereocenters. The first-order valence-electron chi connectivity index (χ1n) is 6.69. The third-order valence-corrected chi connectivity index (χ3v) is 3.72. The standard InChI is InChI=1S/C14H29NO2/c1-13(2)9-12(15)5-6-14(3,10-13)11-17-8-7-16-4/h12H,5-11,15H2,1-4H3. The van der Waals surface area contributed by atoms with Gasteiger partial charge in [0, 0.05) is 13.2 Å². The predicted molar refractivity (Wildman–Crippen MR) is 71.0 cm³/mol. The van der Waals surface area contributed by atoms with E-state index >= 15 is 0 Å². The van der Waals surface area contributed by atoms with Gasteiger partial charge in [0.2, 0.25) is 0 Å². The molecular weight excluding hydrogens is 214 g/mol. The summed E-state index contributed by atoms with van der Waals surface area (Å²) in [5, 5.41) is 0. The lowest BCUT2D eigenvalue weighted by atomic mass is 9.73. The van der Waals surface area contributed by atoms with Gasteiger partial charge >= 0.3 is 0 Å². The minimum atomic E-state index is 0.269. The molecule has 0 aromatic carbocycles. The molecule has 3 heteroatoms. The number of hydrogen-bond acceptors (Lipinski definition) is 3. The van der Waals surface area contributed by atoms with Crippen molar-refractivity contribution in [2.45, 2.75) is 52.5 Å². The zero-order chi connectivity index (χ0) is 12.9. The maximum absolute atomic E-state index is 6.15. The summed E-state index contributed by atoms with van der Waals surface area (Å²) in [5.41, 5.74) is 6.74. The number of methoxy groups -OCH3 is 1. The molecule has 0 heterocycles. The quantitative estimate of drug-likeness (QED) is 0.596. The number of nitrogens with two attached hydrogens (primary N) is 1. The van der Waals surface area contributed by atoms with E-state index in [2.05, 4.69) is 20.8 Å². The molecule has 0 radical (unpaired) electrons. The van der Waals surface area contributed by atoms with E-state index in [1.807, 2.05) is 0 Å². The summed E-state index contributed by atoms with van der Waals surface area (Å²) < 4.78 is 10.7. The van der Waals surface area contributed by atoms with E-state index in [9.17, 15) is 0 Å². The van der Waals surface area contributed by atoms with Crippen LogP contribution in [0.3, 0.4) is 0 Å². The van der Waals surface area contributed by atoms with Crippen molar-refractivity contribution in [3.63, 3.8) is 0 Å². The Morgan fingerprint density at radius 1 is 1.24 bits per heavy atom. The second-order valence-corrected chi connectivity index (χ2v) is 6.70. The maximum Gasteiger partial charge on any atom is 0.0700 e. The van der Waals surface area contributed by atoms with Crippen LogP contribution in [0.4, 0.5) is 0 Å². The van der Waals surface area contributed by atoms with Gasteiger partial charge in [0.25, 0.3) is 0 Å². The smallest absolute Gasteiger partial charge is 0.0700 e. The topological polar surface area (TPSA) is 44.5 Å². The highest BCUT2D eigenvalue weighted by molar-refractivity contribution is 4.89. The van der Waals surface area contributed by atoms with Crippen molar-refractivity contribution in [1.82, 2.24) is 0 Å². The molecular formula is C14H29NO2. The monoisotopic (exact) mass is 243 g/mol. The van der Waals surface area contributed by atoms with E-state index in [0.29, 0.717) is 24.7 Å². The first-order chi connectivity index (χ1) is 7.87. The van der Waals surface area contributed by atoms with Crippen molar-refractivity contribution in [3.8, 4) is 0 Å². The van der Waals surface area contributed by atoms with Crippen molar-refractivity contribution in [3.05, 3.63) is 0 Å². The molecule has 2 atom stereocenters. The summed E-state index contributed by atoms with van der Waals surface area (Å²) in [7, 11) is 1.71. The van der Waals surface area contributed by atoms with Crippen LogP contribution in [0.1, 0.15) is 46.5 Å². The third kappa shape index (κ3) is 5.36. The van der Waals surface area contributed by atoms with Gasteiger partial charge in [-0.15, -0.1) is 0 Å². The first kappa shape index (κ1) is 14.9. The second-order valence-electron chi connectivity index (χ2n) is 6.70. The largest absolute Gasteiger partial charge is 0.382 e. The zero-order valence-electron chi connectivity index (χ0n) is 11.9. The first-order valence-corrected chi connectivity index (χ1v) is 6.69. The molecule has 102 valence electrons. The molecule has 1 saturated carbocycles. The molecule has 0 amide bonds. The molecule has 0 aromatic heterocycles. The van der Waals surface area contributed by atoms with Crippen LogP contribution in [0.15, 0.2) is 0 Å². The molecule has 0 aromatic rings. The Labute approximate surface area is 106 Å². The Bertz CT molecular complexity index is 230. The molecule has 1 fully saturated rings. The van der Waals surface area contributed by atoms with E-state index in [-0.39, 0.29) is 5.41 Å². The summed E-state index contributed by atoms with van der Waals surface area (Å²) in [4.78, 5) is 0. The minimum Gasteiger partial charge on any atom is -0.382 e. The molecule has 1 rings (SSSR count). The highest BCUT2D eigenvalue weighted by Crippen LogP contribution is 2.43. The van der Waals surface area contributed by atoms with E-state index in [4.69, 9.17) is 15.2 Å². The summed E-state index contributed by atoms with van der Waals surface area (Å²) in [5.74, 6) is 0. The lowest BCUT2D eigenvalue weighted by Gasteiger charge is -2.35. The lowest BCUT2D eigenvalue weighted by molar-refractivity contribution is 0.00408. The fourth-order valence-electron chi connectivity index (χ4n) is 3.25. The normalized spacial score (nSPS) is 33.4. The van der Waals surface area contributed by atoms with Crippen LogP contribution in [0.5, 0.6) is 0 Å². The molecule has 0 saturated heterocycles. The Hall–Kier alpha value is -0.120.